The molecule has 3 aromatic rings. The van der Waals surface area contributed by atoms with Gasteiger partial charge in [-0.05, 0) is 38.3 Å². The topological polar surface area (TPSA) is 87.8 Å². The second-order valence-corrected chi connectivity index (χ2v) is 7.33. The molecule has 1 aliphatic heterocycles. The van der Waals surface area contributed by atoms with Gasteiger partial charge < -0.3 is 15.4 Å². The van der Waals surface area contributed by atoms with Crippen molar-refractivity contribution in [3.05, 3.63) is 59.0 Å². The minimum Gasteiger partial charge on any atom is -0.381 e. The average Bonchev–Trinajstić information content (AvgIpc) is 3.13. The molecule has 1 saturated heterocycles. The van der Waals surface area contributed by atoms with Crippen molar-refractivity contribution in [3.63, 3.8) is 0 Å². The van der Waals surface area contributed by atoms with Gasteiger partial charge in [0.25, 0.3) is 0 Å². The molecule has 3 N–H and O–H groups in total. The van der Waals surface area contributed by atoms with Gasteiger partial charge in [-0.2, -0.15) is 5.10 Å². The highest BCUT2D eigenvalue weighted by molar-refractivity contribution is 5.69. The van der Waals surface area contributed by atoms with Crippen molar-refractivity contribution in [2.24, 2.45) is 0 Å². The molecule has 0 radical (unpaired) electrons. The first-order valence-corrected chi connectivity index (χ1v) is 9.91. The Morgan fingerprint density at radius 2 is 1.72 bits per heavy atom. The van der Waals surface area contributed by atoms with Crippen molar-refractivity contribution >= 4 is 29.6 Å². The maximum Gasteiger partial charge on any atom is 0.156 e. The maximum atomic E-state index is 5.45. The SMILES string of the molecule is Cc1ccc(/C=C/c2nc(Nc3cc(C)[nH]n3)cc(NC3CCOCC3)n2)cc1. The number of ether oxygens (including phenoxy) is 1. The molecule has 7 nitrogen and oxygen atoms in total. The van der Waals surface area contributed by atoms with E-state index in [1.807, 2.05) is 31.2 Å². The summed E-state index contributed by atoms with van der Waals surface area (Å²) >= 11 is 0. The Labute approximate surface area is 170 Å². The van der Waals surface area contributed by atoms with Crippen molar-refractivity contribution in [1.82, 2.24) is 20.2 Å². The molecule has 2 aromatic heterocycles. The summed E-state index contributed by atoms with van der Waals surface area (Å²) in [5.74, 6) is 2.86. The highest BCUT2D eigenvalue weighted by atomic mass is 16.5. The molecule has 0 bridgehead atoms. The van der Waals surface area contributed by atoms with E-state index in [0.29, 0.717) is 17.7 Å². The molecule has 1 aliphatic rings. The Hall–Kier alpha value is -3.19. The van der Waals surface area contributed by atoms with Gasteiger partial charge in [0.15, 0.2) is 11.6 Å². The number of nitrogens with one attached hydrogen (secondary N) is 3. The van der Waals surface area contributed by atoms with Gasteiger partial charge in [0.2, 0.25) is 0 Å². The van der Waals surface area contributed by atoms with Gasteiger partial charge in [-0.15, -0.1) is 0 Å². The molecule has 1 fully saturated rings. The summed E-state index contributed by atoms with van der Waals surface area (Å²) in [6.07, 6.45) is 5.90. The number of hydrogen-bond acceptors (Lipinski definition) is 6. The summed E-state index contributed by atoms with van der Waals surface area (Å²) < 4.78 is 5.45. The zero-order chi connectivity index (χ0) is 20.1. The fourth-order valence-corrected chi connectivity index (χ4v) is 3.19. The van der Waals surface area contributed by atoms with Crippen LogP contribution in [-0.2, 0) is 4.74 Å². The zero-order valence-corrected chi connectivity index (χ0v) is 16.8. The quantitative estimate of drug-likeness (QED) is 0.581. The molecule has 1 aromatic carbocycles. The van der Waals surface area contributed by atoms with Crippen LogP contribution >= 0.6 is 0 Å². The highest BCUT2D eigenvalue weighted by Crippen LogP contribution is 2.20. The number of H-pyrrole nitrogens is 1. The Bertz CT molecular complexity index is 973. The normalized spacial score (nSPS) is 15.0. The Balaban J connectivity index is 1.58. The predicted octanol–water partition coefficient (Wildman–Crippen LogP) is 4.32. The van der Waals surface area contributed by atoms with E-state index < -0.39 is 0 Å². The van der Waals surface area contributed by atoms with Crippen LogP contribution in [0.4, 0.5) is 17.5 Å². The lowest BCUT2D eigenvalue weighted by Gasteiger charge is -2.23. The van der Waals surface area contributed by atoms with Crippen molar-refractivity contribution in [2.75, 3.05) is 23.8 Å². The number of hydrogen-bond donors (Lipinski definition) is 3. The van der Waals surface area contributed by atoms with Crippen LogP contribution in [0, 0.1) is 13.8 Å². The van der Waals surface area contributed by atoms with Crippen LogP contribution in [0.2, 0.25) is 0 Å². The summed E-state index contributed by atoms with van der Waals surface area (Å²) in [4.78, 5) is 9.32. The van der Waals surface area contributed by atoms with Crippen LogP contribution in [0.1, 0.15) is 35.5 Å². The molecule has 0 aliphatic carbocycles. The minimum absolute atomic E-state index is 0.355. The first-order chi connectivity index (χ1) is 14.1. The van der Waals surface area contributed by atoms with Crippen molar-refractivity contribution in [2.45, 2.75) is 32.7 Å². The van der Waals surface area contributed by atoms with Crippen LogP contribution in [0.5, 0.6) is 0 Å². The third-order valence-corrected chi connectivity index (χ3v) is 4.78. The van der Waals surface area contributed by atoms with Gasteiger partial charge in [0.05, 0.1) is 0 Å². The van der Waals surface area contributed by atoms with Crippen LogP contribution in [0.25, 0.3) is 12.2 Å². The highest BCUT2D eigenvalue weighted by Gasteiger charge is 2.15. The van der Waals surface area contributed by atoms with Gasteiger partial charge in [-0.25, -0.2) is 9.97 Å². The Morgan fingerprint density at radius 3 is 2.45 bits per heavy atom. The number of rotatable bonds is 6. The lowest BCUT2D eigenvalue weighted by atomic mass is 10.1. The zero-order valence-electron chi connectivity index (χ0n) is 16.8. The van der Waals surface area contributed by atoms with E-state index in [4.69, 9.17) is 4.74 Å². The maximum absolute atomic E-state index is 5.45. The van der Waals surface area contributed by atoms with Gasteiger partial charge >= 0.3 is 0 Å². The van der Waals surface area contributed by atoms with Gasteiger partial charge in [0.1, 0.15) is 11.6 Å². The second-order valence-electron chi connectivity index (χ2n) is 7.33. The first-order valence-electron chi connectivity index (χ1n) is 9.91. The number of anilines is 3. The standard InChI is InChI=1S/C22H26N6O/c1-15-3-5-17(6-4-15)7-8-19-24-20(23-18-9-11-29-12-10-18)14-21(25-19)26-22-13-16(2)27-28-22/h3-8,13-14,18H,9-12H2,1-2H3,(H3,23,24,25,26,27,28)/b8-7+. The monoisotopic (exact) mass is 390 g/mol. The molecular formula is C22H26N6O. The van der Waals surface area contributed by atoms with E-state index in [2.05, 4.69) is 62.0 Å². The van der Waals surface area contributed by atoms with Crippen LogP contribution in [-0.4, -0.2) is 39.4 Å². The van der Waals surface area contributed by atoms with E-state index in [9.17, 15) is 0 Å². The number of nitrogens with zero attached hydrogens (tertiary/aromatic N) is 3. The number of aromatic nitrogens is 4. The summed E-state index contributed by atoms with van der Waals surface area (Å²) in [5, 5.41) is 14.0. The lowest BCUT2D eigenvalue weighted by Crippen LogP contribution is -2.28. The van der Waals surface area contributed by atoms with E-state index in [1.165, 1.54) is 5.56 Å². The predicted molar refractivity (Wildman–Crippen MR) is 116 cm³/mol. The van der Waals surface area contributed by atoms with Gasteiger partial charge in [0, 0.05) is 37.1 Å². The molecule has 29 heavy (non-hydrogen) atoms. The Morgan fingerprint density at radius 1 is 0.966 bits per heavy atom. The molecule has 150 valence electrons. The van der Waals surface area contributed by atoms with E-state index in [-0.39, 0.29) is 0 Å². The van der Waals surface area contributed by atoms with Crippen molar-refractivity contribution in [3.8, 4) is 0 Å². The van der Waals surface area contributed by atoms with Crippen LogP contribution < -0.4 is 10.6 Å². The van der Waals surface area contributed by atoms with Crippen molar-refractivity contribution < 1.29 is 4.74 Å². The number of benzene rings is 1. The van der Waals surface area contributed by atoms with E-state index >= 15 is 0 Å². The number of aromatic amines is 1. The fourth-order valence-electron chi connectivity index (χ4n) is 3.19. The fraction of sp³-hybridized carbons (Fsp3) is 0.318. The van der Waals surface area contributed by atoms with Gasteiger partial charge in [-0.1, -0.05) is 35.9 Å². The molecule has 0 saturated carbocycles. The molecule has 0 spiro atoms. The molecule has 0 atom stereocenters. The molecule has 3 heterocycles. The summed E-state index contributed by atoms with van der Waals surface area (Å²) in [7, 11) is 0. The summed E-state index contributed by atoms with van der Waals surface area (Å²) in [5.41, 5.74) is 3.34. The molecule has 4 rings (SSSR count). The molecule has 0 unspecified atom stereocenters. The average molecular weight is 390 g/mol. The van der Waals surface area contributed by atoms with Crippen LogP contribution in [0.15, 0.2) is 36.4 Å². The van der Waals surface area contributed by atoms with Crippen molar-refractivity contribution in [1.29, 1.82) is 0 Å². The molecule has 0 amide bonds. The lowest BCUT2D eigenvalue weighted by molar-refractivity contribution is 0.0904. The van der Waals surface area contributed by atoms with E-state index in [1.54, 1.807) is 0 Å². The second kappa shape index (κ2) is 8.87. The first kappa shape index (κ1) is 19.1. The van der Waals surface area contributed by atoms with Gasteiger partial charge in [-0.3, -0.25) is 5.10 Å². The summed E-state index contributed by atoms with van der Waals surface area (Å²) in [6.45, 7) is 5.60. The Kier molecular flexibility index (Phi) is 5.86. The third kappa shape index (κ3) is 5.42. The molecule has 7 heteroatoms. The number of aryl methyl sites for hydroxylation is 2. The summed E-state index contributed by atoms with van der Waals surface area (Å²) in [6, 6.07) is 12.6. The smallest absolute Gasteiger partial charge is 0.156 e. The third-order valence-electron chi connectivity index (χ3n) is 4.78. The largest absolute Gasteiger partial charge is 0.381 e. The van der Waals surface area contributed by atoms with Crippen LogP contribution in [0.3, 0.4) is 0 Å². The minimum atomic E-state index is 0.355. The molecular weight excluding hydrogens is 364 g/mol. The van der Waals surface area contributed by atoms with E-state index in [0.717, 1.165) is 48.9 Å².